The average Bonchev–Trinajstić information content (AvgIpc) is 2.63. The van der Waals surface area contributed by atoms with Gasteiger partial charge in [-0.1, -0.05) is 30.3 Å². The van der Waals surface area contributed by atoms with Crippen LogP contribution >= 0.6 is 0 Å². The number of hydrogen-bond acceptors (Lipinski definition) is 4. The van der Waals surface area contributed by atoms with Crippen LogP contribution in [0.2, 0.25) is 0 Å². The molecule has 2 aromatic rings. The van der Waals surface area contributed by atoms with Gasteiger partial charge >= 0.3 is 0 Å². The van der Waals surface area contributed by atoms with Gasteiger partial charge in [0.1, 0.15) is 0 Å². The number of rotatable bonds is 6. The molecule has 3 rings (SSSR count). The van der Waals surface area contributed by atoms with Gasteiger partial charge in [-0.3, -0.25) is 4.79 Å². The Balaban J connectivity index is 1.91. The SMILES string of the molecule is COc1cc(C(=O)NC2(c3ccccc3)CCC2)cc(OC)c1OC. The van der Waals surface area contributed by atoms with Crippen LogP contribution in [0.5, 0.6) is 17.2 Å². The van der Waals surface area contributed by atoms with Crippen molar-refractivity contribution in [3.63, 3.8) is 0 Å². The number of methoxy groups -OCH3 is 3. The molecule has 0 aromatic heterocycles. The van der Waals surface area contributed by atoms with E-state index in [-0.39, 0.29) is 11.4 Å². The number of hydrogen-bond donors (Lipinski definition) is 1. The summed E-state index contributed by atoms with van der Waals surface area (Å²) < 4.78 is 16.0. The lowest BCUT2D eigenvalue weighted by Gasteiger charge is -2.43. The lowest BCUT2D eigenvalue weighted by molar-refractivity contribution is 0.0822. The van der Waals surface area contributed by atoms with Gasteiger partial charge in [-0.15, -0.1) is 0 Å². The minimum Gasteiger partial charge on any atom is -0.493 e. The van der Waals surface area contributed by atoms with Crippen LogP contribution in [0.25, 0.3) is 0 Å². The van der Waals surface area contributed by atoms with Gasteiger partial charge < -0.3 is 19.5 Å². The highest BCUT2D eigenvalue weighted by Crippen LogP contribution is 2.42. The summed E-state index contributed by atoms with van der Waals surface area (Å²) in [6.07, 6.45) is 2.98. The number of ether oxygens (including phenoxy) is 3. The number of amides is 1. The third-order valence-corrected chi connectivity index (χ3v) is 4.81. The number of benzene rings is 2. The van der Waals surface area contributed by atoms with Crippen molar-refractivity contribution in [1.29, 1.82) is 0 Å². The van der Waals surface area contributed by atoms with Crippen molar-refractivity contribution in [3.05, 3.63) is 53.6 Å². The fourth-order valence-corrected chi connectivity index (χ4v) is 3.28. The molecule has 25 heavy (non-hydrogen) atoms. The van der Waals surface area contributed by atoms with Gasteiger partial charge in [-0.2, -0.15) is 0 Å². The molecule has 0 spiro atoms. The molecule has 132 valence electrons. The quantitative estimate of drug-likeness (QED) is 0.873. The van der Waals surface area contributed by atoms with E-state index in [1.54, 1.807) is 19.2 Å². The predicted octanol–water partition coefficient (Wildman–Crippen LogP) is 3.52. The molecule has 0 unspecified atom stereocenters. The minimum atomic E-state index is -0.293. The van der Waals surface area contributed by atoms with Crippen LogP contribution in [-0.2, 0) is 5.54 Å². The third-order valence-electron chi connectivity index (χ3n) is 4.81. The Bertz CT molecular complexity index is 729. The standard InChI is InChI=1S/C20H23NO4/c1-23-16-12-14(13-17(24-2)18(16)25-3)19(22)21-20(10-7-11-20)15-8-5-4-6-9-15/h4-6,8-9,12-13H,7,10-11H2,1-3H3,(H,21,22). The normalized spacial score (nSPS) is 15.0. The molecule has 1 aliphatic rings. The van der Waals surface area contributed by atoms with Crippen molar-refractivity contribution in [1.82, 2.24) is 5.32 Å². The molecule has 0 atom stereocenters. The Morgan fingerprint density at radius 1 is 0.960 bits per heavy atom. The zero-order valence-electron chi connectivity index (χ0n) is 14.8. The summed E-state index contributed by atoms with van der Waals surface area (Å²) in [6.45, 7) is 0. The predicted molar refractivity (Wildman–Crippen MR) is 95.5 cm³/mol. The molecule has 1 saturated carbocycles. The van der Waals surface area contributed by atoms with Crippen molar-refractivity contribution in [2.24, 2.45) is 0 Å². The number of carbonyl (C=O) groups excluding carboxylic acids is 1. The molecule has 0 saturated heterocycles. The van der Waals surface area contributed by atoms with Crippen LogP contribution in [0.1, 0.15) is 35.2 Å². The van der Waals surface area contributed by atoms with Crippen LogP contribution in [0.15, 0.2) is 42.5 Å². The molecule has 0 bridgehead atoms. The Labute approximate surface area is 147 Å². The topological polar surface area (TPSA) is 56.8 Å². The highest BCUT2D eigenvalue weighted by atomic mass is 16.5. The van der Waals surface area contributed by atoms with Gasteiger partial charge in [0, 0.05) is 5.56 Å². The monoisotopic (exact) mass is 341 g/mol. The second-order valence-electron chi connectivity index (χ2n) is 6.17. The fourth-order valence-electron chi connectivity index (χ4n) is 3.28. The van der Waals surface area contributed by atoms with E-state index >= 15 is 0 Å². The van der Waals surface area contributed by atoms with Crippen molar-refractivity contribution < 1.29 is 19.0 Å². The smallest absolute Gasteiger partial charge is 0.252 e. The molecule has 1 fully saturated rings. The van der Waals surface area contributed by atoms with E-state index in [2.05, 4.69) is 17.4 Å². The van der Waals surface area contributed by atoms with E-state index in [1.165, 1.54) is 14.2 Å². The van der Waals surface area contributed by atoms with Crippen LogP contribution in [0, 0.1) is 0 Å². The average molecular weight is 341 g/mol. The summed E-state index contributed by atoms with van der Waals surface area (Å²) in [5.74, 6) is 1.26. The maximum Gasteiger partial charge on any atom is 0.252 e. The summed E-state index contributed by atoms with van der Waals surface area (Å²) >= 11 is 0. The van der Waals surface area contributed by atoms with E-state index < -0.39 is 0 Å². The minimum absolute atomic E-state index is 0.150. The van der Waals surface area contributed by atoms with Gasteiger partial charge in [-0.05, 0) is 37.0 Å². The largest absolute Gasteiger partial charge is 0.493 e. The molecule has 1 N–H and O–H groups in total. The Morgan fingerprint density at radius 3 is 2.00 bits per heavy atom. The Morgan fingerprint density at radius 2 is 1.56 bits per heavy atom. The Kier molecular flexibility index (Phi) is 4.83. The number of carbonyl (C=O) groups is 1. The lowest BCUT2D eigenvalue weighted by atomic mass is 9.71. The van der Waals surface area contributed by atoms with E-state index in [4.69, 9.17) is 14.2 Å². The van der Waals surface area contributed by atoms with Crippen LogP contribution < -0.4 is 19.5 Å². The van der Waals surface area contributed by atoms with Gasteiger partial charge in [0.2, 0.25) is 5.75 Å². The second-order valence-corrected chi connectivity index (χ2v) is 6.17. The zero-order chi connectivity index (χ0) is 17.9. The highest BCUT2D eigenvalue weighted by Gasteiger charge is 2.40. The first-order chi connectivity index (χ1) is 12.1. The maximum absolute atomic E-state index is 12.9. The molecular weight excluding hydrogens is 318 g/mol. The molecule has 0 radical (unpaired) electrons. The summed E-state index contributed by atoms with van der Waals surface area (Å²) in [4.78, 5) is 12.9. The van der Waals surface area contributed by atoms with Gasteiger partial charge in [0.15, 0.2) is 11.5 Å². The first-order valence-electron chi connectivity index (χ1n) is 8.31. The molecule has 0 aliphatic heterocycles. The van der Waals surface area contributed by atoms with Crippen LogP contribution in [-0.4, -0.2) is 27.2 Å². The van der Waals surface area contributed by atoms with Crippen LogP contribution in [0.4, 0.5) is 0 Å². The molecule has 0 heterocycles. The molecular formula is C20H23NO4. The summed E-state index contributed by atoms with van der Waals surface area (Å²) in [5, 5.41) is 3.21. The van der Waals surface area contributed by atoms with Crippen LogP contribution in [0.3, 0.4) is 0 Å². The second kappa shape index (κ2) is 7.05. The summed E-state index contributed by atoms with van der Waals surface area (Å²) in [6, 6.07) is 13.5. The third kappa shape index (κ3) is 3.14. The molecule has 2 aromatic carbocycles. The first-order valence-corrected chi connectivity index (χ1v) is 8.31. The molecule has 5 heteroatoms. The van der Waals surface area contributed by atoms with Crippen molar-refractivity contribution >= 4 is 5.91 Å². The van der Waals surface area contributed by atoms with E-state index in [1.807, 2.05) is 18.2 Å². The van der Waals surface area contributed by atoms with Gasteiger partial charge in [0.05, 0.1) is 26.9 Å². The van der Waals surface area contributed by atoms with Crippen molar-refractivity contribution in [3.8, 4) is 17.2 Å². The van der Waals surface area contributed by atoms with Crippen molar-refractivity contribution in [2.45, 2.75) is 24.8 Å². The zero-order valence-corrected chi connectivity index (χ0v) is 14.8. The van der Waals surface area contributed by atoms with Gasteiger partial charge in [0.25, 0.3) is 5.91 Å². The lowest BCUT2D eigenvalue weighted by Crippen LogP contribution is -2.50. The van der Waals surface area contributed by atoms with Gasteiger partial charge in [-0.25, -0.2) is 0 Å². The maximum atomic E-state index is 12.9. The van der Waals surface area contributed by atoms with E-state index in [9.17, 15) is 4.79 Å². The fraction of sp³-hybridized carbons (Fsp3) is 0.350. The van der Waals surface area contributed by atoms with E-state index in [0.29, 0.717) is 22.8 Å². The highest BCUT2D eigenvalue weighted by molar-refractivity contribution is 5.96. The first kappa shape index (κ1) is 17.1. The summed E-state index contributed by atoms with van der Waals surface area (Å²) in [5.41, 5.74) is 1.33. The molecule has 1 aliphatic carbocycles. The van der Waals surface area contributed by atoms with E-state index in [0.717, 1.165) is 24.8 Å². The summed E-state index contributed by atoms with van der Waals surface area (Å²) in [7, 11) is 4.62. The van der Waals surface area contributed by atoms with Crippen molar-refractivity contribution in [2.75, 3.05) is 21.3 Å². The Hall–Kier alpha value is -2.69. The molecule has 1 amide bonds. The number of nitrogens with one attached hydrogen (secondary N) is 1. The molecule has 5 nitrogen and oxygen atoms in total.